The number of nitrogens with one attached hydrogen (secondary N) is 2. The van der Waals surface area contributed by atoms with Gasteiger partial charge in [0, 0.05) is 60.9 Å². The molecular weight excluding hydrogens is 665 g/mol. The zero-order valence-corrected chi connectivity index (χ0v) is 29.3. The number of rotatable bonds is 9. The first-order valence-electron chi connectivity index (χ1n) is 15.8. The zero-order valence-electron chi connectivity index (χ0n) is 26.8. The molecule has 4 aromatic rings. The van der Waals surface area contributed by atoms with E-state index in [-0.39, 0.29) is 18.6 Å². The number of carbonyl (C=O) groups excluding carboxylic acids is 1. The van der Waals surface area contributed by atoms with Gasteiger partial charge < -0.3 is 29.9 Å². The van der Waals surface area contributed by atoms with Crippen molar-refractivity contribution >= 4 is 74.8 Å². The van der Waals surface area contributed by atoms with Crippen LogP contribution in [0, 0.1) is 0 Å². The molecule has 2 aromatic carbocycles. The first-order chi connectivity index (χ1) is 22.4. The van der Waals surface area contributed by atoms with E-state index in [4.69, 9.17) is 19.4 Å². The van der Waals surface area contributed by atoms with Crippen molar-refractivity contribution in [1.29, 1.82) is 0 Å². The van der Waals surface area contributed by atoms with Crippen molar-refractivity contribution in [3.63, 3.8) is 0 Å². The van der Waals surface area contributed by atoms with Gasteiger partial charge in [0.2, 0.25) is 11.9 Å². The van der Waals surface area contributed by atoms with E-state index >= 15 is 0 Å². The number of piperidine rings is 1. The summed E-state index contributed by atoms with van der Waals surface area (Å²) in [4.78, 5) is 31.2. The Morgan fingerprint density at radius 2 is 1.87 bits per heavy atom. The fourth-order valence-corrected chi connectivity index (χ4v) is 7.99. The first kappa shape index (κ1) is 32.4. The van der Waals surface area contributed by atoms with Crippen LogP contribution in [0.3, 0.4) is 0 Å². The van der Waals surface area contributed by atoms with Crippen molar-refractivity contribution in [1.82, 2.24) is 19.9 Å². The van der Waals surface area contributed by atoms with E-state index in [0.29, 0.717) is 18.4 Å². The van der Waals surface area contributed by atoms with E-state index in [2.05, 4.69) is 81.0 Å². The largest absolute Gasteiger partial charge is 0.494 e. The highest BCUT2D eigenvalue weighted by atomic mass is 79.9. The van der Waals surface area contributed by atoms with Crippen molar-refractivity contribution in [2.24, 2.45) is 0 Å². The molecule has 6 rings (SSSR count). The smallest absolute Gasteiger partial charge is 0.248 e. The van der Waals surface area contributed by atoms with Gasteiger partial charge in [-0.15, -0.1) is 0 Å². The maximum absolute atomic E-state index is 12.6. The van der Waals surface area contributed by atoms with Crippen molar-refractivity contribution in [2.45, 2.75) is 38.6 Å². The number of para-hydroxylation sites is 1. The molecule has 12 heteroatoms. The number of hydrogen-bond donors (Lipinski definition) is 2. The maximum atomic E-state index is 12.6. The highest BCUT2D eigenvalue weighted by Crippen LogP contribution is 2.38. The average Bonchev–Trinajstić information content (AvgIpc) is 3.29. The Morgan fingerprint density at radius 3 is 2.63 bits per heavy atom. The molecule has 0 aliphatic carbocycles. The van der Waals surface area contributed by atoms with Crippen LogP contribution in [0.5, 0.6) is 5.75 Å². The molecule has 4 heterocycles. The van der Waals surface area contributed by atoms with Gasteiger partial charge in [-0.05, 0) is 72.6 Å². The number of aromatic nitrogens is 3. The van der Waals surface area contributed by atoms with E-state index < -0.39 is 7.92 Å². The van der Waals surface area contributed by atoms with Crippen molar-refractivity contribution in [2.75, 3.05) is 68.8 Å². The number of benzene rings is 2. The maximum Gasteiger partial charge on any atom is 0.248 e. The third kappa shape index (κ3) is 6.92. The standard InChI is InChI=1S/C34H41BrN7O3P/c1-5-22-17-27(30(44-2)18-29(22)41-14-11-23(12-15-41)42-13-8-16-45-21-31(42)43)39-34-37-19-25(35)33(40-34)38-28-20-36-26-10-7-6-9-24(26)32(28)46(3)4/h6-7,9-10,17-20,23H,5,8,11-16,21H2,1-4H3,(H2,37,38,39,40). The molecule has 0 atom stereocenters. The van der Waals surface area contributed by atoms with Gasteiger partial charge in [0.15, 0.2) is 0 Å². The minimum absolute atomic E-state index is 0.117. The van der Waals surface area contributed by atoms with E-state index in [1.54, 1.807) is 13.3 Å². The molecule has 2 aliphatic heterocycles. The summed E-state index contributed by atoms with van der Waals surface area (Å²) in [6.07, 6.45) is 7.27. The number of carbonyl (C=O) groups is 1. The summed E-state index contributed by atoms with van der Waals surface area (Å²) in [6, 6.07) is 12.8. The van der Waals surface area contributed by atoms with Crippen molar-refractivity contribution in [3.05, 3.63) is 58.8 Å². The summed E-state index contributed by atoms with van der Waals surface area (Å²) < 4.78 is 12.1. The third-order valence-corrected chi connectivity index (χ3v) is 10.7. The highest BCUT2D eigenvalue weighted by molar-refractivity contribution is 9.10. The number of nitrogens with zero attached hydrogens (tertiary/aromatic N) is 5. The van der Waals surface area contributed by atoms with Gasteiger partial charge >= 0.3 is 0 Å². The Kier molecular flexibility index (Phi) is 10.2. The highest BCUT2D eigenvalue weighted by Gasteiger charge is 2.30. The summed E-state index contributed by atoms with van der Waals surface area (Å²) in [5.74, 6) is 1.94. The normalized spacial score (nSPS) is 16.2. The lowest BCUT2D eigenvalue weighted by atomic mass is 9.99. The summed E-state index contributed by atoms with van der Waals surface area (Å²) in [7, 11) is 1.27. The number of halogens is 1. The zero-order chi connectivity index (χ0) is 32.2. The van der Waals surface area contributed by atoms with Crippen LogP contribution in [0.25, 0.3) is 10.9 Å². The molecule has 2 N–H and O–H groups in total. The van der Waals surface area contributed by atoms with E-state index in [0.717, 1.165) is 77.8 Å². The Bertz CT molecular complexity index is 1710. The van der Waals surface area contributed by atoms with Crippen LogP contribution >= 0.6 is 23.9 Å². The molecule has 46 heavy (non-hydrogen) atoms. The number of methoxy groups -OCH3 is 1. The number of hydrogen-bond acceptors (Lipinski definition) is 9. The second kappa shape index (κ2) is 14.5. The molecule has 0 radical (unpaired) electrons. The molecule has 242 valence electrons. The monoisotopic (exact) mass is 705 g/mol. The number of anilines is 5. The molecule has 1 amide bonds. The average molecular weight is 707 g/mol. The molecule has 2 fully saturated rings. The van der Waals surface area contributed by atoms with Gasteiger partial charge in [-0.25, -0.2) is 4.98 Å². The predicted molar refractivity (Wildman–Crippen MR) is 191 cm³/mol. The summed E-state index contributed by atoms with van der Waals surface area (Å²) in [5, 5.41) is 9.34. The lowest BCUT2D eigenvalue weighted by molar-refractivity contribution is -0.136. The molecular formula is C34H41BrN7O3P. The van der Waals surface area contributed by atoms with Crippen LogP contribution in [-0.2, 0) is 16.0 Å². The van der Waals surface area contributed by atoms with Crippen molar-refractivity contribution < 1.29 is 14.3 Å². The molecule has 0 spiro atoms. The molecule has 2 aliphatic rings. The van der Waals surface area contributed by atoms with Gasteiger partial charge in [-0.2, -0.15) is 4.98 Å². The van der Waals surface area contributed by atoms with E-state index in [9.17, 15) is 4.79 Å². The second-order valence-electron chi connectivity index (χ2n) is 11.8. The fourth-order valence-electron chi connectivity index (χ4n) is 6.43. The van der Waals surface area contributed by atoms with Gasteiger partial charge in [0.05, 0.1) is 34.7 Å². The first-order valence-corrected chi connectivity index (χ1v) is 18.8. The summed E-state index contributed by atoms with van der Waals surface area (Å²) in [5.41, 5.74) is 5.10. The molecule has 2 aromatic heterocycles. The van der Waals surface area contributed by atoms with E-state index in [1.165, 1.54) is 16.6 Å². The number of ether oxygens (including phenoxy) is 2. The Balaban J connectivity index is 1.22. The number of pyridine rings is 1. The Hall–Kier alpha value is -3.53. The number of amides is 1. The second-order valence-corrected chi connectivity index (χ2v) is 14.9. The van der Waals surface area contributed by atoms with Crippen LogP contribution in [-0.4, -0.2) is 85.1 Å². The van der Waals surface area contributed by atoms with E-state index in [1.807, 2.05) is 23.2 Å². The minimum atomic E-state index is -0.420. The van der Waals surface area contributed by atoms with Crippen LogP contribution in [0.2, 0.25) is 0 Å². The van der Waals surface area contributed by atoms with Gasteiger partial charge in [0.1, 0.15) is 18.2 Å². The number of aryl methyl sites for hydroxylation is 1. The van der Waals surface area contributed by atoms with Crippen LogP contribution < -0.4 is 25.6 Å². The van der Waals surface area contributed by atoms with Gasteiger partial charge in [-0.3, -0.25) is 9.78 Å². The molecule has 0 saturated carbocycles. The van der Waals surface area contributed by atoms with Gasteiger partial charge in [-0.1, -0.05) is 33.0 Å². The molecule has 10 nitrogen and oxygen atoms in total. The SMILES string of the molecule is CCc1cc(Nc2ncc(Br)c(Nc3cnc4ccccc4c3P(C)C)n2)c(OC)cc1N1CCC(N2CCCOCC2=O)CC1. The van der Waals surface area contributed by atoms with Gasteiger partial charge in [0.25, 0.3) is 0 Å². The van der Waals surface area contributed by atoms with Crippen LogP contribution in [0.4, 0.5) is 28.8 Å². The number of fused-ring (bicyclic) bond motifs is 1. The summed E-state index contributed by atoms with van der Waals surface area (Å²) >= 11 is 3.64. The molecule has 0 unspecified atom stereocenters. The minimum Gasteiger partial charge on any atom is -0.494 e. The van der Waals surface area contributed by atoms with Crippen LogP contribution in [0.1, 0.15) is 31.7 Å². The predicted octanol–water partition coefficient (Wildman–Crippen LogP) is 6.43. The third-order valence-electron chi connectivity index (χ3n) is 8.70. The quantitative estimate of drug-likeness (QED) is 0.191. The molecule has 2 saturated heterocycles. The Labute approximate surface area is 280 Å². The fraction of sp³-hybridized carbons (Fsp3) is 0.412. The molecule has 0 bridgehead atoms. The lowest BCUT2D eigenvalue weighted by Crippen LogP contribution is -2.48. The lowest BCUT2D eigenvalue weighted by Gasteiger charge is -2.39. The topological polar surface area (TPSA) is 105 Å². The Morgan fingerprint density at radius 1 is 1.07 bits per heavy atom. The van der Waals surface area contributed by atoms with Crippen molar-refractivity contribution in [3.8, 4) is 5.75 Å². The van der Waals surface area contributed by atoms with Crippen LogP contribution in [0.15, 0.2) is 53.3 Å². The summed E-state index contributed by atoms with van der Waals surface area (Å²) in [6.45, 7) is 10.1.